The highest BCUT2D eigenvalue weighted by atomic mass is 16.5. The normalized spacial score (nSPS) is 12.1. The van der Waals surface area contributed by atoms with E-state index in [2.05, 4.69) is 21.7 Å². The Hall–Kier alpha value is -2.59. The molecule has 0 spiro atoms. The van der Waals surface area contributed by atoms with E-state index in [1.165, 1.54) is 5.56 Å². The quantitative estimate of drug-likeness (QED) is 0.761. The summed E-state index contributed by atoms with van der Waals surface area (Å²) < 4.78 is 7.41. The predicted molar refractivity (Wildman–Crippen MR) is 91.4 cm³/mol. The molecule has 4 nitrogen and oxygen atoms in total. The van der Waals surface area contributed by atoms with Crippen LogP contribution in [-0.2, 0) is 13.0 Å². The molecule has 2 aromatic carbocycles. The topological polar surface area (TPSA) is 53.1 Å². The van der Waals surface area contributed by atoms with E-state index < -0.39 is 0 Å². The van der Waals surface area contributed by atoms with Crippen LogP contribution >= 0.6 is 0 Å². The van der Waals surface area contributed by atoms with Gasteiger partial charge in [-0.3, -0.25) is 0 Å². The number of hydrogen-bond acceptors (Lipinski definition) is 3. The highest BCUT2D eigenvalue weighted by molar-refractivity contribution is 5.30. The van der Waals surface area contributed by atoms with Gasteiger partial charge in [-0.15, -0.1) is 0 Å². The van der Waals surface area contributed by atoms with E-state index >= 15 is 0 Å². The lowest BCUT2D eigenvalue weighted by molar-refractivity contribution is 0.413. The highest BCUT2D eigenvalue weighted by Crippen LogP contribution is 2.20. The van der Waals surface area contributed by atoms with Crippen LogP contribution in [0.2, 0.25) is 0 Å². The largest absolute Gasteiger partial charge is 0.497 e. The Balaban J connectivity index is 1.74. The summed E-state index contributed by atoms with van der Waals surface area (Å²) in [5.41, 5.74) is 8.67. The number of nitrogens with two attached hydrogens (primary N) is 1. The number of methoxy groups -OCH3 is 1. The van der Waals surface area contributed by atoms with Gasteiger partial charge in [-0.05, 0) is 23.3 Å². The zero-order valence-electron chi connectivity index (χ0n) is 13.2. The zero-order chi connectivity index (χ0) is 16.1. The van der Waals surface area contributed by atoms with Crippen LogP contribution in [-0.4, -0.2) is 16.7 Å². The SMILES string of the molecule is COc1cccc(C(N)Cc2nccn2Cc2ccccc2)c1. The minimum absolute atomic E-state index is 0.109. The molecule has 0 aliphatic rings. The Morgan fingerprint density at radius 1 is 1.13 bits per heavy atom. The second-order valence-electron chi connectivity index (χ2n) is 5.54. The standard InChI is InChI=1S/C19H21N3O/c1-23-17-9-5-8-16(12-17)18(20)13-19-21-10-11-22(19)14-15-6-3-2-4-7-15/h2-12,18H,13-14,20H2,1H3. The molecular weight excluding hydrogens is 286 g/mol. The lowest BCUT2D eigenvalue weighted by atomic mass is 10.0. The molecule has 1 aromatic heterocycles. The monoisotopic (exact) mass is 307 g/mol. The Morgan fingerprint density at radius 3 is 2.74 bits per heavy atom. The van der Waals surface area contributed by atoms with Crippen LogP contribution in [0, 0.1) is 0 Å². The van der Waals surface area contributed by atoms with Gasteiger partial charge in [0.1, 0.15) is 11.6 Å². The van der Waals surface area contributed by atoms with Gasteiger partial charge < -0.3 is 15.0 Å². The number of benzene rings is 2. The smallest absolute Gasteiger partial charge is 0.119 e. The fraction of sp³-hybridized carbons (Fsp3) is 0.211. The molecule has 0 saturated carbocycles. The Kier molecular flexibility index (Phi) is 4.74. The zero-order valence-corrected chi connectivity index (χ0v) is 13.2. The predicted octanol–water partition coefficient (Wildman–Crippen LogP) is 3.18. The van der Waals surface area contributed by atoms with E-state index in [1.807, 2.05) is 54.9 Å². The minimum Gasteiger partial charge on any atom is -0.497 e. The lowest BCUT2D eigenvalue weighted by Crippen LogP contribution is -2.17. The summed E-state index contributed by atoms with van der Waals surface area (Å²) in [7, 11) is 1.66. The van der Waals surface area contributed by atoms with Crippen molar-refractivity contribution in [3.63, 3.8) is 0 Å². The van der Waals surface area contributed by atoms with Gasteiger partial charge in [0, 0.05) is 31.4 Å². The van der Waals surface area contributed by atoms with Gasteiger partial charge in [0.25, 0.3) is 0 Å². The first-order valence-electron chi connectivity index (χ1n) is 7.69. The van der Waals surface area contributed by atoms with Gasteiger partial charge in [0.2, 0.25) is 0 Å². The van der Waals surface area contributed by atoms with E-state index in [-0.39, 0.29) is 6.04 Å². The molecule has 118 valence electrons. The summed E-state index contributed by atoms with van der Waals surface area (Å²) in [5, 5.41) is 0. The van der Waals surface area contributed by atoms with Crippen LogP contribution in [0.5, 0.6) is 5.75 Å². The first kappa shape index (κ1) is 15.3. The molecule has 23 heavy (non-hydrogen) atoms. The molecule has 0 bridgehead atoms. The summed E-state index contributed by atoms with van der Waals surface area (Å²) in [6, 6.07) is 18.1. The molecule has 1 atom stereocenters. The van der Waals surface area contributed by atoms with Crippen molar-refractivity contribution in [2.45, 2.75) is 19.0 Å². The van der Waals surface area contributed by atoms with Crippen molar-refractivity contribution >= 4 is 0 Å². The fourth-order valence-electron chi connectivity index (χ4n) is 2.64. The van der Waals surface area contributed by atoms with Gasteiger partial charge in [0.15, 0.2) is 0 Å². The Labute approximate surface area is 136 Å². The number of rotatable bonds is 6. The molecular formula is C19H21N3O. The molecule has 4 heteroatoms. The Morgan fingerprint density at radius 2 is 1.96 bits per heavy atom. The second kappa shape index (κ2) is 7.11. The molecule has 1 heterocycles. The summed E-state index contributed by atoms with van der Waals surface area (Å²) >= 11 is 0. The summed E-state index contributed by atoms with van der Waals surface area (Å²) in [6.07, 6.45) is 4.52. The van der Waals surface area contributed by atoms with Crippen LogP contribution < -0.4 is 10.5 Å². The average Bonchev–Trinajstić information content (AvgIpc) is 3.02. The Bertz CT molecular complexity index is 752. The first-order chi connectivity index (χ1) is 11.3. The van der Waals surface area contributed by atoms with Crippen LogP contribution in [0.1, 0.15) is 23.0 Å². The second-order valence-corrected chi connectivity index (χ2v) is 5.54. The molecule has 0 saturated heterocycles. The molecule has 3 rings (SSSR count). The summed E-state index contributed by atoms with van der Waals surface area (Å²) in [5.74, 6) is 1.81. The third-order valence-electron chi connectivity index (χ3n) is 3.92. The van der Waals surface area contributed by atoms with E-state index in [1.54, 1.807) is 7.11 Å². The number of imidazole rings is 1. The van der Waals surface area contributed by atoms with Crippen LogP contribution in [0.15, 0.2) is 67.0 Å². The van der Waals surface area contributed by atoms with Crippen LogP contribution in [0.4, 0.5) is 0 Å². The van der Waals surface area contributed by atoms with E-state index in [0.29, 0.717) is 6.42 Å². The maximum Gasteiger partial charge on any atom is 0.119 e. The van der Waals surface area contributed by atoms with Crippen molar-refractivity contribution in [3.8, 4) is 5.75 Å². The van der Waals surface area contributed by atoms with E-state index in [4.69, 9.17) is 10.5 Å². The number of nitrogens with zero attached hydrogens (tertiary/aromatic N) is 2. The molecule has 0 amide bonds. The first-order valence-corrected chi connectivity index (χ1v) is 7.69. The van der Waals surface area contributed by atoms with Crippen molar-refractivity contribution < 1.29 is 4.74 Å². The summed E-state index contributed by atoms with van der Waals surface area (Å²) in [4.78, 5) is 4.47. The van der Waals surface area contributed by atoms with E-state index in [9.17, 15) is 0 Å². The van der Waals surface area contributed by atoms with Gasteiger partial charge in [-0.2, -0.15) is 0 Å². The van der Waals surface area contributed by atoms with Gasteiger partial charge in [0.05, 0.1) is 7.11 Å². The molecule has 3 aromatic rings. The van der Waals surface area contributed by atoms with Crippen molar-refractivity contribution in [1.29, 1.82) is 0 Å². The van der Waals surface area contributed by atoms with Gasteiger partial charge in [-0.25, -0.2) is 4.98 Å². The van der Waals surface area contributed by atoms with Gasteiger partial charge in [-0.1, -0.05) is 42.5 Å². The fourth-order valence-corrected chi connectivity index (χ4v) is 2.64. The third-order valence-corrected chi connectivity index (χ3v) is 3.92. The van der Waals surface area contributed by atoms with E-state index in [0.717, 1.165) is 23.7 Å². The molecule has 0 fully saturated rings. The number of hydrogen-bond donors (Lipinski definition) is 1. The van der Waals surface area contributed by atoms with Crippen molar-refractivity contribution in [2.75, 3.05) is 7.11 Å². The maximum absolute atomic E-state index is 6.36. The molecule has 0 aliphatic carbocycles. The molecule has 1 unspecified atom stereocenters. The van der Waals surface area contributed by atoms with Crippen molar-refractivity contribution in [3.05, 3.63) is 83.9 Å². The summed E-state index contributed by atoms with van der Waals surface area (Å²) in [6.45, 7) is 0.807. The average molecular weight is 307 g/mol. The molecule has 0 radical (unpaired) electrons. The maximum atomic E-state index is 6.36. The number of aromatic nitrogens is 2. The third kappa shape index (κ3) is 3.79. The van der Waals surface area contributed by atoms with Crippen LogP contribution in [0.3, 0.4) is 0 Å². The highest BCUT2D eigenvalue weighted by Gasteiger charge is 2.12. The number of ether oxygens (including phenoxy) is 1. The molecule has 0 aliphatic heterocycles. The van der Waals surface area contributed by atoms with Crippen molar-refractivity contribution in [1.82, 2.24) is 9.55 Å². The van der Waals surface area contributed by atoms with Crippen molar-refractivity contribution in [2.24, 2.45) is 5.73 Å². The lowest BCUT2D eigenvalue weighted by Gasteiger charge is -2.14. The van der Waals surface area contributed by atoms with Gasteiger partial charge >= 0.3 is 0 Å². The molecule has 2 N–H and O–H groups in total. The van der Waals surface area contributed by atoms with Crippen LogP contribution in [0.25, 0.3) is 0 Å². The minimum atomic E-state index is -0.109.